The standard InChI is InChI=1S/C30H29F2N3O4/c1-5-38-28(36)18-9-11-19(12-10-18)34-29(37)39-27-16(2)23-22(35-30(27,3)4)15-21(31)24(25(23)32)20-8-6-7-17-13-14-33-26(17)20/h6-16,27,33,35H,5H2,1-4H3,(H,34,37). The van der Waals surface area contributed by atoms with Crippen LogP contribution in [-0.4, -0.2) is 35.3 Å². The maximum atomic E-state index is 16.2. The van der Waals surface area contributed by atoms with Crippen LogP contribution in [0.3, 0.4) is 0 Å². The first-order valence-electron chi connectivity index (χ1n) is 12.7. The quantitative estimate of drug-likeness (QED) is 0.236. The molecule has 0 saturated carbocycles. The molecule has 39 heavy (non-hydrogen) atoms. The molecular weight excluding hydrogens is 504 g/mol. The van der Waals surface area contributed by atoms with E-state index in [4.69, 9.17) is 9.47 Å². The molecule has 5 rings (SSSR count). The molecule has 202 valence electrons. The number of carbonyl (C=O) groups excluding carboxylic acids is 2. The van der Waals surface area contributed by atoms with Crippen LogP contribution in [0.2, 0.25) is 0 Å². The molecule has 3 aromatic carbocycles. The first-order chi connectivity index (χ1) is 18.6. The molecule has 1 aliphatic rings. The molecule has 4 aromatic rings. The van der Waals surface area contributed by atoms with Gasteiger partial charge in [-0.15, -0.1) is 0 Å². The number of esters is 1. The van der Waals surface area contributed by atoms with Gasteiger partial charge in [-0.25, -0.2) is 18.4 Å². The summed E-state index contributed by atoms with van der Waals surface area (Å²) in [5, 5.41) is 6.65. The summed E-state index contributed by atoms with van der Waals surface area (Å²) in [6, 6.07) is 14.6. The third-order valence-corrected chi connectivity index (χ3v) is 7.07. The summed E-state index contributed by atoms with van der Waals surface area (Å²) >= 11 is 0. The Bertz CT molecular complexity index is 1560. The number of ether oxygens (including phenoxy) is 2. The molecule has 2 atom stereocenters. The van der Waals surface area contributed by atoms with Crippen LogP contribution in [-0.2, 0) is 9.47 Å². The number of amides is 1. The minimum Gasteiger partial charge on any atom is -0.462 e. The van der Waals surface area contributed by atoms with Gasteiger partial charge in [0.25, 0.3) is 0 Å². The molecule has 7 nitrogen and oxygen atoms in total. The van der Waals surface area contributed by atoms with Crippen LogP contribution in [0.5, 0.6) is 0 Å². The summed E-state index contributed by atoms with van der Waals surface area (Å²) in [7, 11) is 0. The third kappa shape index (κ3) is 4.80. The second-order valence-corrected chi connectivity index (χ2v) is 10.1. The first kappa shape index (κ1) is 26.2. The van der Waals surface area contributed by atoms with Crippen LogP contribution in [0.1, 0.15) is 49.5 Å². The lowest BCUT2D eigenvalue weighted by Gasteiger charge is -2.44. The van der Waals surface area contributed by atoms with E-state index in [-0.39, 0.29) is 17.7 Å². The number of fused-ring (bicyclic) bond motifs is 2. The number of nitrogens with one attached hydrogen (secondary N) is 3. The van der Waals surface area contributed by atoms with Crippen molar-refractivity contribution in [2.45, 2.75) is 45.3 Å². The normalized spacial score (nSPS) is 17.7. The van der Waals surface area contributed by atoms with E-state index in [9.17, 15) is 9.59 Å². The van der Waals surface area contributed by atoms with E-state index < -0.39 is 41.3 Å². The molecule has 0 radical (unpaired) electrons. The fraction of sp³-hybridized carbons (Fsp3) is 0.267. The highest BCUT2D eigenvalue weighted by molar-refractivity contribution is 5.95. The Hall–Kier alpha value is -4.40. The largest absolute Gasteiger partial charge is 0.462 e. The number of anilines is 2. The van der Waals surface area contributed by atoms with Crippen LogP contribution >= 0.6 is 0 Å². The lowest BCUT2D eigenvalue weighted by Crippen LogP contribution is -2.52. The number of halogens is 2. The van der Waals surface area contributed by atoms with Gasteiger partial charge in [-0.2, -0.15) is 0 Å². The van der Waals surface area contributed by atoms with Gasteiger partial charge >= 0.3 is 12.1 Å². The number of aromatic amines is 1. The zero-order valence-corrected chi connectivity index (χ0v) is 22.0. The molecule has 2 unspecified atom stereocenters. The molecule has 1 amide bonds. The number of benzene rings is 3. The SMILES string of the molecule is CCOC(=O)c1ccc(NC(=O)OC2C(C)c3c(cc(F)c(-c4cccc5cc[nH]c45)c3F)NC2(C)C)cc1. The predicted molar refractivity (Wildman–Crippen MR) is 146 cm³/mol. The van der Waals surface area contributed by atoms with Crippen molar-refractivity contribution in [3.63, 3.8) is 0 Å². The number of hydrogen-bond donors (Lipinski definition) is 3. The molecule has 1 aromatic heterocycles. The van der Waals surface area contributed by atoms with E-state index in [2.05, 4.69) is 15.6 Å². The van der Waals surface area contributed by atoms with Gasteiger partial charge in [0, 0.05) is 34.6 Å². The average Bonchev–Trinajstić information content (AvgIpc) is 3.36. The van der Waals surface area contributed by atoms with E-state index in [1.807, 2.05) is 26.0 Å². The fourth-order valence-corrected chi connectivity index (χ4v) is 5.33. The highest BCUT2D eigenvalue weighted by Crippen LogP contribution is 2.46. The zero-order chi connectivity index (χ0) is 27.9. The molecule has 0 fully saturated rings. The van der Waals surface area contributed by atoms with Crippen molar-refractivity contribution in [3.8, 4) is 11.1 Å². The Balaban J connectivity index is 1.42. The van der Waals surface area contributed by atoms with E-state index in [1.165, 1.54) is 18.2 Å². The van der Waals surface area contributed by atoms with Gasteiger partial charge in [-0.3, -0.25) is 5.32 Å². The molecule has 3 N–H and O–H groups in total. The van der Waals surface area contributed by atoms with Crippen LogP contribution in [0.4, 0.5) is 25.0 Å². The van der Waals surface area contributed by atoms with Crippen molar-refractivity contribution >= 4 is 34.3 Å². The van der Waals surface area contributed by atoms with Crippen molar-refractivity contribution < 1.29 is 27.8 Å². The number of H-pyrrole nitrogens is 1. The van der Waals surface area contributed by atoms with E-state index in [0.29, 0.717) is 28.0 Å². The van der Waals surface area contributed by atoms with Gasteiger partial charge in [-0.05, 0) is 62.6 Å². The molecule has 0 bridgehead atoms. The van der Waals surface area contributed by atoms with Crippen molar-refractivity contribution in [1.29, 1.82) is 0 Å². The Morgan fingerprint density at radius 2 is 1.82 bits per heavy atom. The van der Waals surface area contributed by atoms with E-state index >= 15 is 8.78 Å². The van der Waals surface area contributed by atoms with Crippen molar-refractivity contribution in [2.24, 2.45) is 0 Å². The molecular formula is C30H29F2N3O4. The van der Waals surface area contributed by atoms with Gasteiger partial charge in [0.2, 0.25) is 0 Å². The Morgan fingerprint density at radius 1 is 1.08 bits per heavy atom. The Morgan fingerprint density at radius 3 is 2.54 bits per heavy atom. The highest BCUT2D eigenvalue weighted by Gasteiger charge is 2.45. The number of carbonyl (C=O) groups is 2. The van der Waals surface area contributed by atoms with Gasteiger partial charge < -0.3 is 19.8 Å². The molecule has 0 saturated heterocycles. The van der Waals surface area contributed by atoms with E-state index in [0.717, 1.165) is 5.39 Å². The second-order valence-electron chi connectivity index (χ2n) is 10.1. The second kappa shape index (κ2) is 10.1. The molecule has 0 aliphatic carbocycles. The Labute approximate surface area is 224 Å². The van der Waals surface area contributed by atoms with Crippen LogP contribution in [0.15, 0.2) is 60.8 Å². The topological polar surface area (TPSA) is 92.4 Å². The molecule has 1 aliphatic heterocycles. The van der Waals surface area contributed by atoms with Gasteiger partial charge in [0.1, 0.15) is 17.7 Å². The maximum Gasteiger partial charge on any atom is 0.411 e. The zero-order valence-electron chi connectivity index (χ0n) is 22.0. The van der Waals surface area contributed by atoms with Crippen molar-refractivity contribution in [1.82, 2.24) is 4.98 Å². The summed E-state index contributed by atoms with van der Waals surface area (Å²) in [5.41, 5.74) is 1.40. The number of rotatable bonds is 5. The van der Waals surface area contributed by atoms with Gasteiger partial charge in [0.15, 0.2) is 0 Å². The predicted octanol–water partition coefficient (Wildman–Crippen LogP) is 7.21. The smallest absolute Gasteiger partial charge is 0.411 e. The summed E-state index contributed by atoms with van der Waals surface area (Å²) in [6.07, 6.45) is 0.188. The lowest BCUT2D eigenvalue weighted by atomic mass is 9.77. The fourth-order valence-electron chi connectivity index (χ4n) is 5.33. The van der Waals surface area contributed by atoms with Gasteiger partial charge in [-0.1, -0.05) is 25.1 Å². The number of para-hydroxylation sites is 1. The summed E-state index contributed by atoms with van der Waals surface area (Å²) in [5.74, 6) is -2.45. The summed E-state index contributed by atoms with van der Waals surface area (Å²) < 4.78 is 42.3. The summed E-state index contributed by atoms with van der Waals surface area (Å²) in [6.45, 7) is 7.35. The van der Waals surface area contributed by atoms with Crippen LogP contribution < -0.4 is 10.6 Å². The van der Waals surface area contributed by atoms with Crippen LogP contribution in [0, 0.1) is 11.6 Å². The van der Waals surface area contributed by atoms with Crippen molar-refractivity contribution in [3.05, 3.63) is 83.6 Å². The monoisotopic (exact) mass is 533 g/mol. The first-order valence-corrected chi connectivity index (χ1v) is 12.7. The Kier molecular flexibility index (Phi) is 6.76. The van der Waals surface area contributed by atoms with Crippen molar-refractivity contribution in [2.75, 3.05) is 17.2 Å². The molecule has 9 heteroatoms. The highest BCUT2D eigenvalue weighted by atomic mass is 19.1. The lowest BCUT2D eigenvalue weighted by molar-refractivity contribution is 0.0526. The summed E-state index contributed by atoms with van der Waals surface area (Å²) in [4.78, 5) is 27.8. The number of hydrogen-bond acceptors (Lipinski definition) is 5. The average molecular weight is 534 g/mol. The molecule has 0 spiro atoms. The van der Waals surface area contributed by atoms with Crippen LogP contribution in [0.25, 0.3) is 22.0 Å². The maximum absolute atomic E-state index is 16.2. The minimum atomic E-state index is -0.836. The minimum absolute atomic E-state index is 0.139. The third-order valence-electron chi connectivity index (χ3n) is 7.07. The molecule has 2 heterocycles. The number of aromatic nitrogens is 1. The van der Waals surface area contributed by atoms with Gasteiger partial charge in [0.05, 0.1) is 28.8 Å². The van der Waals surface area contributed by atoms with E-state index in [1.54, 1.807) is 44.3 Å².